The number of halogens is 3. The minimum Gasteiger partial charge on any atom is -0.456 e. The number of anilines is 1. The van der Waals surface area contributed by atoms with Crippen molar-refractivity contribution in [2.45, 2.75) is 63.4 Å². The van der Waals surface area contributed by atoms with Gasteiger partial charge in [0.05, 0.1) is 0 Å². The Bertz CT molecular complexity index is 845. The van der Waals surface area contributed by atoms with Gasteiger partial charge in [-0.2, -0.15) is 13.2 Å². The fraction of sp³-hybridized carbons (Fsp3) is 0.636. The molecule has 0 radical (unpaired) electrons. The summed E-state index contributed by atoms with van der Waals surface area (Å²) in [6, 6.07) is 9.18. The quantitative estimate of drug-likeness (QED) is 0.678. The third-order valence-electron chi connectivity index (χ3n) is 7.17. The molecule has 5 aliphatic rings. The lowest BCUT2D eigenvalue weighted by molar-refractivity contribution is -0.557. The Kier molecular flexibility index (Phi) is 4.61. The number of ether oxygens (including phenoxy) is 2. The fourth-order valence-corrected chi connectivity index (χ4v) is 5.69. The van der Waals surface area contributed by atoms with Crippen LogP contribution in [0.5, 0.6) is 0 Å². The summed E-state index contributed by atoms with van der Waals surface area (Å²) in [7, 11) is 0. The van der Waals surface area contributed by atoms with E-state index in [1.54, 1.807) is 6.92 Å². The van der Waals surface area contributed by atoms with Gasteiger partial charge in [-0.25, -0.2) is 9.78 Å². The SMILES string of the molecule is C[C@@H]1CC[C@H]2C(CNc3ccccc3)=C(C(F)(F)F)O[C@@H]3O[C@]4(C)CCC1[C@]32OO4. The van der Waals surface area contributed by atoms with E-state index in [-0.39, 0.29) is 24.0 Å². The van der Waals surface area contributed by atoms with Gasteiger partial charge < -0.3 is 14.8 Å². The van der Waals surface area contributed by atoms with Crippen molar-refractivity contribution in [2.75, 3.05) is 11.9 Å². The number of hydrogen-bond acceptors (Lipinski definition) is 5. The minimum atomic E-state index is -4.62. The van der Waals surface area contributed by atoms with Crippen molar-refractivity contribution < 1.29 is 32.4 Å². The van der Waals surface area contributed by atoms with E-state index in [2.05, 4.69) is 12.2 Å². The van der Waals surface area contributed by atoms with Gasteiger partial charge in [0.1, 0.15) is 0 Å². The number of allylic oxidation sites excluding steroid dienone is 1. The molecule has 1 saturated carbocycles. The highest BCUT2D eigenvalue weighted by Gasteiger charge is 2.70. The van der Waals surface area contributed by atoms with Crippen LogP contribution in [0.4, 0.5) is 18.9 Å². The summed E-state index contributed by atoms with van der Waals surface area (Å²) in [4.78, 5) is 11.6. The first-order valence-electron chi connectivity index (χ1n) is 10.5. The Balaban J connectivity index is 1.59. The summed E-state index contributed by atoms with van der Waals surface area (Å²) in [6.07, 6.45) is -3.07. The summed E-state index contributed by atoms with van der Waals surface area (Å²) >= 11 is 0. The second kappa shape index (κ2) is 6.87. The number of hydrogen-bond donors (Lipinski definition) is 1. The van der Waals surface area contributed by atoms with E-state index >= 15 is 0 Å². The summed E-state index contributed by atoms with van der Waals surface area (Å²) in [6.45, 7) is 3.84. The first kappa shape index (κ1) is 20.2. The van der Waals surface area contributed by atoms with Crippen LogP contribution in [0.15, 0.2) is 41.7 Å². The molecule has 5 nitrogen and oxygen atoms in total. The molecule has 1 spiro atoms. The van der Waals surface area contributed by atoms with Crippen LogP contribution in [-0.2, 0) is 19.2 Å². The van der Waals surface area contributed by atoms with E-state index < -0.39 is 35.5 Å². The molecule has 1 unspecified atom stereocenters. The second-order valence-electron chi connectivity index (χ2n) is 9.05. The predicted molar refractivity (Wildman–Crippen MR) is 102 cm³/mol. The average molecular weight is 425 g/mol. The van der Waals surface area contributed by atoms with E-state index in [1.165, 1.54) is 0 Å². The van der Waals surface area contributed by atoms with Crippen LogP contribution >= 0.6 is 0 Å². The molecule has 0 aromatic heterocycles. The largest absolute Gasteiger partial charge is 0.456 e. The van der Waals surface area contributed by atoms with Crippen molar-refractivity contribution in [3.05, 3.63) is 41.7 Å². The Morgan fingerprint density at radius 1 is 1.10 bits per heavy atom. The molecular formula is C22H26F3NO4. The molecular weight excluding hydrogens is 399 g/mol. The lowest BCUT2D eigenvalue weighted by Gasteiger charge is -2.57. The minimum absolute atomic E-state index is 0.00733. The topological polar surface area (TPSA) is 49.0 Å². The molecule has 4 fully saturated rings. The number of rotatable bonds is 3. The average Bonchev–Trinajstić information content (AvgIpc) is 2.94. The molecule has 3 saturated heterocycles. The number of fused-ring (bicyclic) bond motifs is 2. The molecule has 6 rings (SSSR count). The molecule has 30 heavy (non-hydrogen) atoms. The van der Waals surface area contributed by atoms with Crippen molar-refractivity contribution in [3.63, 3.8) is 0 Å². The zero-order valence-electron chi connectivity index (χ0n) is 17.0. The van der Waals surface area contributed by atoms with Crippen LogP contribution in [0.1, 0.15) is 39.5 Å². The van der Waals surface area contributed by atoms with E-state index in [1.807, 2.05) is 30.3 Å². The first-order chi connectivity index (χ1) is 14.2. The Labute approximate surface area is 173 Å². The highest BCUT2D eigenvalue weighted by atomic mass is 19.4. The van der Waals surface area contributed by atoms with E-state index in [0.717, 1.165) is 18.5 Å². The molecule has 2 bridgehead atoms. The van der Waals surface area contributed by atoms with Crippen LogP contribution in [-0.4, -0.2) is 30.4 Å². The molecule has 6 atom stereocenters. The third kappa shape index (κ3) is 3.03. The van der Waals surface area contributed by atoms with Gasteiger partial charge in [0, 0.05) is 36.1 Å². The maximum Gasteiger partial charge on any atom is 0.449 e. The van der Waals surface area contributed by atoms with Crippen molar-refractivity contribution in [1.29, 1.82) is 0 Å². The van der Waals surface area contributed by atoms with Crippen LogP contribution in [0.2, 0.25) is 0 Å². The van der Waals surface area contributed by atoms with Gasteiger partial charge in [-0.3, -0.25) is 0 Å². The Morgan fingerprint density at radius 3 is 2.60 bits per heavy atom. The van der Waals surface area contributed by atoms with Crippen molar-refractivity contribution in [3.8, 4) is 0 Å². The molecule has 1 aromatic rings. The molecule has 1 aromatic carbocycles. The summed E-state index contributed by atoms with van der Waals surface area (Å²) in [5.41, 5.74) is -0.148. The normalized spacial score (nSPS) is 40.4. The number of nitrogens with one attached hydrogen (secondary N) is 1. The summed E-state index contributed by atoms with van der Waals surface area (Å²) in [5, 5.41) is 3.13. The smallest absolute Gasteiger partial charge is 0.449 e. The van der Waals surface area contributed by atoms with E-state index in [4.69, 9.17) is 19.2 Å². The number of para-hydroxylation sites is 1. The van der Waals surface area contributed by atoms with Gasteiger partial charge in [-0.15, -0.1) is 0 Å². The molecule has 1 N–H and O–H groups in total. The zero-order chi connectivity index (χ0) is 21.1. The lowest BCUT2D eigenvalue weighted by Crippen LogP contribution is -2.67. The van der Waals surface area contributed by atoms with Crippen molar-refractivity contribution in [1.82, 2.24) is 0 Å². The van der Waals surface area contributed by atoms with Gasteiger partial charge in [0.25, 0.3) is 0 Å². The van der Waals surface area contributed by atoms with E-state index in [9.17, 15) is 13.2 Å². The standard InChI is InChI=1S/C22H26F3NO4/c1-13-8-9-17-15(12-26-14-6-4-3-5-7-14)18(22(23,24)25)27-19-21(17)16(13)10-11-20(2,28-19)29-30-21/h3-7,13,16-17,19,26H,8-12H2,1-2H3/t13-,16?,17+,19-,20+,21-/m1/s1. The third-order valence-corrected chi connectivity index (χ3v) is 7.17. The Morgan fingerprint density at radius 2 is 1.87 bits per heavy atom. The van der Waals surface area contributed by atoms with Crippen LogP contribution in [0.25, 0.3) is 0 Å². The lowest BCUT2D eigenvalue weighted by atomic mass is 9.59. The molecule has 0 amide bonds. The van der Waals surface area contributed by atoms with E-state index in [0.29, 0.717) is 12.8 Å². The predicted octanol–water partition coefficient (Wildman–Crippen LogP) is 5.16. The molecule has 164 valence electrons. The zero-order valence-corrected chi connectivity index (χ0v) is 17.0. The van der Waals surface area contributed by atoms with Gasteiger partial charge in [0.2, 0.25) is 17.8 Å². The van der Waals surface area contributed by atoms with Gasteiger partial charge in [-0.1, -0.05) is 25.1 Å². The first-order valence-corrected chi connectivity index (χ1v) is 10.5. The highest BCUT2D eigenvalue weighted by Crippen LogP contribution is 2.61. The highest BCUT2D eigenvalue weighted by molar-refractivity contribution is 5.45. The second-order valence-corrected chi connectivity index (χ2v) is 9.05. The molecule has 4 aliphatic heterocycles. The molecule has 4 heterocycles. The van der Waals surface area contributed by atoms with Crippen LogP contribution < -0.4 is 5.32 Å². The van der Waals surface area contributed by atoms with Crippen molar-refractivity contribution in [2.24, 2.45) is 17.8 Å². The molecule has 8 heteroatoms. The summed E-state index contributed by atoms with van der Waals surface area (Å²) in [5.74, 6) is -2.30. The van der Waals surface area contributed by atoms with Gasteiger partial charge >= 0.3 is 6.18 Å². The number of alkyl halides is 3. The molecule has 1 aliphatic carbocycles. The summed E-state index contributed by atoms with van der Waals surface area (Å²) < 4.78 is 53.8. The Hall–Kier alpha value is -1.77. The van der Waals surface area contributed by atoms with Crippen molar-refractivity contribution >= 4 is 5.69 Å². The van der Waals surface area contributed by atoms with Gasteiger partial charge in [-0.05, 0) is 44.2 Å². The van der Waals surface area contributed by atoms with Gasteiger partial charge in [0.15, 0.2) is 5.60 Å². The maximum atomic E-state index is 14.1. The maximum absolute atomic E-state index is 14.1. The van der Waals surface area contributed by atoms with Crippen LogP contribution in [0, 0.1) is 17.8 Å². The monoisotopic (exact) mass is 425 g/mol. The number of benzene rings is 1. The fourth-order valence-electron chi connectivity index (χ4n) is 5.69. The van der Waals surface area contributed by atoms with Crippen LogP contribution in [0.3, 0.4) is 0 Å².